The smallest absolute Gasteiger partial charge is 0.101 e. The van der Waals surface area contributed by atoms with Crippen LogP contribution in [0.25, 0.3) is 0 Å². The standard InChI is InChI=1S/C13H12BrClN4/c1-8-13(15)12(19(2)18-8)7-17-11-4-3-10(14)5-9(11)6-16/h3-5,17H,7H2,1-2H3. The van der Waals surface area contributed by atoms with Crippen molar-refractivity contribution in [2.45, 2.75) is 13.5 Å². The maximum Gasteiger partial charge on any atom is 0.101 e. The Kier molecular flexibility index (Phi) is 4.13. The second-order valence-corrected chi connectivity index (χ2v) is 5.42. The van der Waals surface area contributed by atoms with E-state index in [1.807, 2.05) is 26.1 Å². The largest absolute Gasteiger partial charge is 0.378 e. The minimum Gasteiger partial charge on any atom is -0.378 e. The van der Waals surface area contributed by atoms with Crippen LogP contribution in [0.2, 0.25) is 5.02 Å². The first-order valence-corrected chi connectivity index (χ1v) is 6.81. The third kappa shape index (κ3) is 2.91. The van der Waals surface area contributed by atoms with E-state index >= 15 is 0 Å². The molecule has 0 radical (unpaired) electrons. The molecular weight excluding hydrogens is 328 g/mol. The number of halogens is 2. The highest BCUT2D eigenvalue weighted by Crippen LogP contribution is 2.23. The Morgan fingerprint density at radius 3 is 2.84 bits per heavy atom. The Hall–Kier alpha value is -1.51. The van der Waals surface area contributed by atoms with Crippen LogP contribution in [0.5, 0.6) is 0 Å². The first-order valence-electron chi connectivity index (χ1n) is 5.64. The molecule has 0 atom stereocenters. The van der Waals surface area contributed by atoms with Crippen molar-refractivity contribution >= 4 is 33.2 Å². The van der Waals surface area contributed by atoms with Crippen molar-refractivity contribution in [1.29, 1.82) is 5.26 Å². The highest BCUT2D eigenvalue weighted by Gasteiger charge is 2.11. The van der Waals surface area contributed by atoms with Gasteiger partial charge < -0.3 is 5.32 Å². The predicted molar refractivity (Wildman–Crippen MR) is 79.1 cm³/mol. The molecular formula is C13H12BrClN4. The lowest BCUT2D eigenvalue weighted by molar-refractivity contribution is 0.713. The average Bonchev–Trinajstić information content (AvgIpc) is 2.62. The summed E-state index contributed by atoms with van der Waals surface area (Å²) in [5, 5.41) is 17.2. The van der Waals surface area contributed by atoms with Gasteiger partial charge in [0.1, 0.15) is 6.07 Å². The number of aryl methyl sites for hydroxylation is 2. The number of benzene rings is 1. The molecule has 4 nitrogen and oxygen atoms in total. The van der Waals surface area contributed by atoms with Gasteiger partial charge in [0.05, 0.1) is 34.2 Å². The molecule has 1 N–H and O–H groups in total. The van der Waals surface area contributed by atoms with Gasteiger partial charge in [0.2, 0.25) is 0 Å². The van der Waals surface area contributed by atoms with E-state index in [9.17, 15) is 0 Å². The third-order valence-corrected chi connectivity index (χ3v) is 3.79. The van der Waals surface area contributed by atoms with Crippen LogP contribution in [0.3, 0.4) is 0 Å². The van der Waals surface area contributed by atoms with Gasteiger partial charge in [-0.1, -0.05) is 27.5 Å². The summed E-state index contributed by atoms with van der Waals surface area (Å²) < 4.78 is 2.62. The molecule has 0 saturated carbocycles. The van der Waals surface area contributed by atoms with Gasteiger partial charge in [0, 0.05) is 11.5 Å². The number of anilines is 1. The van der Waals surface area contributed by atoms with E-state index in [1.54, 1.807) is 10.7 Å². The highest BCUT2D eigenvalue weighted by molar-refractivity contribution is 9.10. The average molecular weight is 340 g/mol. The lowest BCUT2D eigenvalue weighted by Crippen LogP contribution is -2.06. The summed E-state index contributed by atoms with van der Waals surface area (Å²) in [5.41, 5.74) is 3.06. The predicted octanol–water partition coefficient (Wildman–Crippen LogP) is 3.63. The fraction of sp³-hybridized carbons (Fsp3) is 0.231. The first-order chi connectivity index (χ1) is 9.02. The van der Waals surface area contributed by atoms with Crippen molar-refractivity contribution in [3.8, 4) is 6.07 Å². The maximum atomic E-state index is 9.10. The molecule has 0 saturated heterocycles. The zero-order valence-corrected chi connectivity index (χ0v) is 12.9. The number of aromatic nitrogens is 2. The molecule has 0 amide bonds. The Labute approximate surface area is 125 Å². The summed E-state index contributed by atoms with van der Waals surface area (Å²) >= 11 is 9.53. The Balaban J connectivity index is 2.22. The molecule has 0 aliphatic carbocycles. The van der Waals surface area contributed by atoms with Crippen molar-refractivity contribution < 1.29 is 0 Å². The zero-order valence-electron chi connectivity index (χ0n) is 10.5. The molecule has 19 heavy (non-hydrogen) atoms. The van der Waals surface area contributed by atoms with Gasteiger partial charge in [0.15, 0.2) is 0 Å². The van der Waals surface area contributed by atoms with E-state index in [-0.39, 0.29) is 0 Å². The molecule has 98 valence electrons. The van der Waals surface area contributed by atoms with Gasteiger partial charge in [-0.15, -0.1) is 0 Å². The van der Waals surface area contributed by atoms with Gasteiger partial charge in [-0.05, 0) is 25.1 Å². The van der Waals surface area contributed by atoms with E-state index in [0.717, 1.165) is 21.5 Å². The molecule has 2 rings (SSSR count). The monoisotopic (exact) mass is 338 g/mol. The minimum absolute atomic E-state index is 0.520. The molecule has 0 bridgehead atoms. The van der Waals surface area contributed by atoms with Gasteiger partial charge in [-0.3, -0.25) is 4.68 Å². The molecule has 1 aromatic carbocycles. The number of nitrogens with one attached hydrogen (secondary N) is 1. The van der Waals surface area contributed by atoms with E-state index in [2.05, 4.69) is 32.4 Å². The van der Waals surface area contributed by atoms with E-state index in [0.29, 0.717) is 17.1 Å². The summed E-state index contributed by atoms with van der Waals surface area (Å²) in [7, 11) is 1.85. The quantitative estimate of drug-likeness (QED) is 0.929. The molecule has 0 unspecified atom stereocenters. The third-order valence-electron chi connectivity index (χ3n) is 2.81. The Morgan fingerprint density at radius 1 is 1.53 bits per heavy atom. The number of nitriles is 1. The van der Waals surface area contributed by atoms with Crippen LogP contribution in [0.1, 0.15) is 17.0 Å². The molecule has 0 spiro atoms. The molecule has 1 aromatic heterocycles. The van der Waals surface area contributed by atoms with Gasteiger partial charge in [0.25, 0.3) is 0 Å². The van der Waals surface area contributed by atoms with Crippen molar-refractivity contribution in [1.82, 2.24) is 9.78 Å². The highest BCUT2D eigenvalue weighted by atomic mass is 79.9. The van der Waals surface area contributed by atoms with Gasteiger partial charge in [-0.2, -0.15) is 10.4 Å². The van der Waals surface area contributed by atoms with E-state index < -0.39 is 0 Å². The topological polar surface area (TPSA) is 53.6 Å². The molecule has 1 heterocycles. The molecule has 2 aromatic rings. The normalized spacial score (nSPS) is 10.3. The summed E-state index contributed by atoms with van der Waals surface area (Å²) in [5.74, 6) is 0. The second kappa shape index (κ2) is 5.64. The molecule has 6 heteroatoms. The Bertz CT molecular complexity index is 657. The van der Waals surface area contributed by atoms with Crippen LogP contribution >= 0.6 is 27.5 Å². The molecule has 0 aliphatic rings. The van der Waals surface area contributed by atoms with E-state index in [1.165, 1.54) is 0 Å². The van der Waals surface area contributed by atoms with E-state index in [4.69, 9.17) is 16.9 Å². The summed E-state index contributed by atoms with van der Waals surface area (Å²) in [6.07, 6.45) is 0. The number of nitrogens with zero attached hydrogens (tertiary/aromatic N) is 3. The van der Waals surface area contributed by atoms with Crippen molar-refractivity contribution in [2.24, 2.45) is 7.05 Å². The lowest BCUT2D eigenvalue weighted by atomic mass is 10.2. The van der Waals surface area contributed by atoms with Crippen LogP contribution in [0.4, 0.5) is 5.69 Å². The molecule has 0 aliphatic heterocycles. The summed E-state index contributed by atoms with van der Waals surface area (Å²) in [6, 6.07) is 7.68. The van der Waals surface area contributed by atoms with Crippen LogP contribution in [0, 0.1) is 18.3 Å². The Morgan fingerprint density at radius 2 is 2.26 bits per heavy atom. The fourth-order valence-corrected chi connectivity index (χ4v) is 2.40. The van der Waals surface area contributed by atoms with Crippen molar-refractivity contribution in [3.05, 3.63) is 44.6 Å². The van der Waals surface area contributed by atoms with Crippen LogP contribution in [0.15, 0.2) is 22.7 Å². The summed E-state index contributed by atoms with van der Waals surface area (Å²) in [6.45, 7) is 2.39. The number of hydrogen-bond acceptors (Lipinski definition) is 3. The lowest BCUT2D eigenvalue weighted by Gasteiger charge is -2.09. The minimum atomic E-state index is 0.520. The number of rotatable bonds is 3. The zero-order chi connectivity index (χ0) is 14.0. The fourth-order valence-electron chi connectivity index (χ4n) is 1.81. The SMILES string of the molecule is Cc1nn(C)c(CNc2ccc(Br)cc2C#N)c1Cl. The van der Waals surface area contributed by atoms with Crippen molar-refractivity contribution in [3.63, 3.8) is 0 Å². The molecule has 0 fully saturated rings. The maximum absolute atomic E-state index is 9.10. The van der Waals surface area contributed by atoms with Crippen LogP contribution in [-0.4, -0.2) is 9.78 Å². The number of hydrogen-bond donors (Lipinski definition) is 1. The van der Waals surface area contributed by atoms with Crippen LogP contribution < -0.4 is 5.32 Å². The van der Waals surface area contributed by atoms with Gasteiger partial charge in [-0.25, -0.2) is 0 Å². The van der Waals surface area contributed by atoms with Gasteiger partial charge >= 0.3 is 0 Å². The van der Waals surface area contributed by atoms with Crippen molar-refractivity contribution in [2.75, 3.05) is 5.32 Å². The second-order valence-electron chi connectivity index (χ2n) is 4.12. The van der Waals surface area contributed by atoms with Crippen LogP contribution in [-0.2, 0) is 13.6 Å². The first kappa shape index (κ1) is 13.9. The summed E-state index contributed by atoms with van der Waals surface area (Å²) in [4.78, 5) is 0.